The Labute approximate surface area is 109 Å². The second kappa shape index (κ2) is 5.34. The molecular weight excluding hydrogens is 289 g/mol. The summed E-state index contributed by atoms with van der Waals surface area (Å²) < 4.78 is 0.945. The smallest absolute Gasteiger partial charge is 0.142 e. The van der Waals surface area contributed by atoms with Crippen molar-refractivity contribution < 1.29 is 0 Å². The summed E-state index contributed by atoms with van der Waals surface area (Å²) in [5.74, 6) is 0.943. The molecule has 0 aromatic carbocycles. The molecule has 0 bridgehead atoms. The molecule has 1 saturated heterocycles. The number of nitrogens with one attached hydrogen (secondary N) is 1. The van der Waals surface area contributed by atoms with Gasteiger partial charge in [-0.3, -0.25) is 0 Å². The molecule has 0 spiro atoms. The molecule has 1 fully saturated rings. The van der Waals surface area contributed by atoms with Crippen molar-refractivity contribution in [3.63, 3.8) is 0 Å². The normalized spacial score (nSPS) is 20.1. The maximum atomic E-state index is 5.87. The number of hydrogen-bond acceptors (Lipinski definition) is 3. The molecule has 5 heteroatoms. The average Bonchev–Trinajstić information content (AvgIpc) is 2.70. The van der Waals surface area contributed by atoms with Crippen LogP contribution in [0.25, 0.3) is 0 Å². The molecule has 1 atom stereocenters. The van der Waals surface area contributed by atoms with Crippen LogP contribution < -0.4 is 10.2 Å². The van der Waals surface area contributed by atoms with Gasteiger partial charge in [0.25, 0.3) is 0 Å². The fraction of sp³-hybridized carbons (Fsp3) is 0.545. The molecule has 0 aliphatic carbocycles. The Morgan fingerprint density at radius 3 is 3.12 bits per heavy atom. The van der Waals surface area contributed by atoms with E-state index >= 15 is 0 Å². The first-order valence-corrected chi connectivity index (χ1v) is 6.59. The van der Waals surface area contributed by atoms with Crippen LogP contribution in [0.3, 0.4) is 0 Å². The third-order valence-electron chi connectivity index (χ3n) is 2.81. The van der Waals surface area contributed by atoms with Crippen molar-refractivity contribution in [2.45, 2.75) is 18.9 Å². The van der Waals surface area contributed by atoms with Crippen LogP contribution in [0.1, 0.15) is 12.8 Å². The van der Waals surface area contributed by atoms with Crippen LogP contribution in [-0.4, -0.2) is 31.2 Å². The van der Waals surface area contributed by atoms with Gasteiger partial charge in [0, 0.05) is 25.8 Å². The molecule has 16 heavy (non-hydrogen) atoms. The largest absolute Gasteiger partial charge is 0.357 e. The summed E-state index contributed by atoms with van der Waals surface area (Å²) in [6, 6.07) is 2.46. The fourth-order valence-electron chi connectivity index (χ4n) is 2.02. The van der Waals surface area contributed by atoms with Crippen LogP contribution in [-0.2, 0) is 0 Å². The van der Waals surface area contributed by atoms with Gasteiger partial charge in [-0.05, 0) is 41.4 Å². The van der Waals surface area contributed by atoms with E-state index in [1.54, 1.807) is 6.20 Å². The predicted molar refractivity (Wildman–Crippen MR) is 71.2 cm³/mol. The lowest BCUT2D eigenvalue weighted by Crippen LogP contribution is -2.35. The van der Waals surface area contributed by atoms with E-state index in [0.29, 0.717) is 11.1 Å². The minimum Gasteiger partial charge on any atom is -0.357 e. The fourth-order valence-corrected chi connectivity index (χ4v) is 2.96. The Morgan fingerprint density at radius 1 is 1.69 bits per heavy atom. The van der Waals surface area contributed by atoms with E-state index in [-0.39, 0.29) is 0 Å². The van der Waals surface area contributed by atoms with Crippen molar-refractivity contribution >= 4 is 33.3 Å². The van der Waals surface area contributed by atoms with Crippen LogP contribution in [0, 0.1) is 0 Å². The van der Waals surface area contributed by atoms with Crippen LogP contribution >= 0.6 is 27.5 Å². The molecule has 1 aliphatic rings. The average molecular weight is 305 g/mol. The standard InChI is InChI=1S/C11H15BrClN3/c1-16(7-9-3-2-4-14-9)11-10(12)5-8(13)6-15-11/h5-6,9,14H,2-4,7H2,1H3. The number of aromatic nitrogens is 1. The molecule has 2 rings (SSSR count). The molecule has 1 aromatic heterocycles. The lowest BCUT2D eigenvalue weighted by Gasteiger charge is -2.23. The Kier molecular flexibility index (Phi) is 4.05. The molecule has 1 aliphatic heterocycles. The molecular formula is C11H15BrClN3. The summed E-state index contributed by atoms with van der Waals surface area (Å²) in [5, 5.41) is 4.13. The second-order valence-corrected chi connectivity index (χ2v) is 5.42. The first kappa shape index (κ1) is 12.1. The van der Waals surface area contributed by atoms with Crippen LogP contribution in [0.5, 0.6) is 0 Å². The topological polar surface area (TPSA) is 28.2 Å². The summed E-state index contributed by atoms with van der Waals surface area (Å²) >= 11 is 9.36. The molecule has 0 radical (unpaired) electrons. The molecule has 88 valence electrons. The van der Waals surface area contributed by atoms with Crippen molar-refractivity contribution in [2.24, 2.45) is 0 Å². The third kappa shape index (κ3) is 2.87. The van der Waals surface area contributed by atoms with Gasteiger partial charge in [-0.2, -0.15) is 0 Å². The Hall–Kier alpha value is -0.320. The molecule has 3 nitrogen and oxygen atoms in total. The first-order valence-electron chi connectivity index (χ1n) is 5.42. The maximum absolute atomic E-state index is 5.87. The van der Waals surface area contributed by atoms with E-state index in [9.17, 15) is 0 Å². The van der Waals surface area contributed by atoms with E-state index in [1.165, 1.54) is 12.8 Å². The molecule has 1 aromatic rings. The van der Waals surface area contributed by atoms with E-state index < -0.39 is 0 Å². The van der Waals surface area contributed by atoms with Gasteiger partial charge in [-0.25, -0.2) is 4.98 Å². The number of halogens is 2. The predicted octanol–water partition coefficient (Wildman–Crippen LogP) is 2.69. The van der Waals surface area contributed by atoms with Crippen LogP contribution in [0.15, 0.2) is 16.7 Å². The second-order valence-electron chi connectivity index (χ2n) is 4.13. The zero-order chi connectivity index (χ0) is 11.5. The van der Waals surface area contributed by atoms with Gasteiger partial charge in [0.2, 0.25) is 0 Å². The van der Waals surface area contributed by atoms with Crippen molar-refractivity contribution in [1.29, 1.82) is 0 Å². The maximum Gasteiger partial charge on any atom is 0.142 e. The summed E-state index contributed by atoms with van der Waals surface area (Å²) in [6.45, 7) is 2.11. The highest BCUT2D eigenvalue weighted by atomic mass is 79.9. The van der Waals surface area contributed by atoms with Gasteiger partial charge in [-0.1, -0.05) is 11.6 Å². The summed E-state index contributed by atoms with van der Waals surface area (Å²) in [5.41, 5.74) is 0. The Bertz CT molecular complexity index is 366. The van der Waals surface area contributed by atoms with Gasteiger partial charge in [0.1, 0.15) is 5.82 Å². The van der Waals surface area contributed by atoms with Gasteiger partial charge < -0.3 is 10.2 Å². The highest BCUT2D eigenvalue weighted by molar-refractivity contribution is 9.10. The highest BCUT2D eigenvalue weighted by Crippen LogP contribution is 2.26. The summed E-state index contributed by atoms with van der Waals surface area (Å²) in [4.78, 5) is 6.50. The van der Waals surface area contributed by atoms with Gasteiger partial charge >= 0.3 is 0 Å². The van der Waals surface area contributed by atoms with Gasteiger partial charge in [-0.15, -0.1) is 0 Å². The van der Waals surface area contributed by atoms with Crippen molar-refractivity contribution in [1.82, 2.24) is 10.3 Å². The first-order chi connectivity index (χ1) is 7.66. The van der Waals surface area contributed by atoms with E-state index in [0.717, 1.165) is 23.4 Å². The Balaban J connectivity index is 2.04. The lowest BCUT2D eigenvalue weighted by atomic mass is 10.2. The molecule has 1 N–H and O–H groups in total. The minimum atomic E-state index is 0.578. The van der Waals surface area contributed by atoms with Gasteiger partial charge in [0.05, 0.1) is 9.50 Å². The monoisotopic (exact) mass is 303 g/mol. The number of anilines is 1. The molecule has 0 amide bonds. The third-order valence-corrected chi connectivity index (χ3v) is 3.60. The highest BCUT2D eigenvalue weighted by Gasteiger charge is 2.17. The van der Waals surface area contributed by atoms with E-state index in [1.807, 2.05) is 6.07 Å². The lowest BCUT2D eigenvalue weighted by molar-refractivity contribution is 0.597. The van der Waals surface area contributed by atoms with Crippen LogP contribution in [0.2, 0.25) is 5.02 Å². The number of likely N-dealkylation sites (N-methyl/N-ethyl adjacent to an activating group) is 1. The zero-order valence-electron chi connectivity index (χ0n) is 9.21. The van der Waals surface area contributed by atoms with Crippen molar-refractivity contribution in [3.05, 3.63) is 21.8 Å². The molecule has 2 heterocycles. The summed E-state index contributed by atoms with van der Waals surface area (Å²) in [7, 11) is 2.06. The number of rotatable bonds is 3. The SMILES string of the molecule is CN(CC1CCCN1)c1ncc(Cl)cc1Br. The number of nitrogens with zero attached hydrogens (tertiary/aromatic N) is 2. The summed E-state index contributed by atoms with van der Waals surface area (Å²) in [6.07, 6.45) is 4.20. The quantitative estimate of drug-likeness (QED) is 0.930. The number of hydrogen-bond donors (Lipinski definition) is 1. The van der Waals surface area contributed by atoms with Crippen molar-refractivity contribution in [3.8, 4) is 0 Å². The van der Waals surface area contributed by atoms with Crippen molar-refractivity contribution in [2.75, 3.05) is 25.0 Å². The minimum absolute atomic E-state index is 0.578. The van der Waals surface area contributed by atoms with Crippen LogP contribution in [0.4, 0.5) is 5.82 Å². The van der Waals surface area contributed by atoms with E-state index in [4.69, 9.17) is 11.6 Å². The molecule has 0 saturated carbocycles. The van der Waals surface area contributed by atoms with E-state index in [2.05, 4.69) is 38.2 Å². The zero-order valence-corrected chi connectivity index (χ0v) is 11.6. The number of pyridine rings is 1. The Morgan fingerprint density at radius 2 is 2.50 bits per heavy atom. The van der Waals surface area contributed by atoms with Gasteiger partial charge in [0.15, 0.2) is 0 Å². The molecule has 1 unspecified atom stereocenters.